The lowest BCUT2D eigenvalue weighted by Gasteiger charge is -2.13. The van der Waals surface area contributed by atoms with E-state index in [0.29, 0.717) is 5.69 Å². The zero-order valence-corrected chi connectivity index (χ0v) is 11.6. The number of halogens is 3. The molecule has 1 heterocycles. The van der Waals surface area contributed by atoms with Gasteiger partial charge >= 0.3 is 6.18 Å². The van der Waals surface area contributed by atoms with E-state index in [0.717, 1.165) is 11.8 Å². The van der Waals surface area contributed by atoms with Crippen LogP contribution in [0.1, 0.15) is 36.6 Å². The monoisotopic (exact) mass is 296 g/mol. The molecule has 0 spiro atoms. The maximum Gasteiger partial charge on any atom is 0.417 e. The molecule has 1 aromatic carbocycles. The summed E-state index contributed by atoms with van der Waals surface area (Å²) in [4.78, 5) is 0. The lowest BCUT2D eigenvalue weighted by Crippen LogP contribution is -2.19. The standard InChI is InChI=1S/C14H15F3N4/c1-8(2)12-5-6-21(20-12)9-3-4-11(14(15,16)17)10(7-9)13(18)19/h3-8H,1-2H3,(H3,18,19). The van der Waals surface area contributed by atoms with E-state index in [1.165, 1.54) is 16.8 Å². The van der Waals surface area contributed by atoms with E-state index in [4.69, 9.17) is 11.1 Å². The number of amidine groups is 1. The van der Waals surface area contributed by atoms with Crippen LogP contribution in [0.25, 0.3) is 5.69 Å². The first-order valence-corrected chi connectivity index (χ1v) is 6.31. The van der Waals surface area contributed by atoms with Crippen LogP contribution >= 0.6 is 0 Å². The Balaban J connectivity index is 2.51. The molecule has 112 valence electrons. The number of nitrogens with two attached hydrogens (primary N) is 1. The van der Waals surface area contributed by atoms with Gasteiger partial charge in [-0.05, 0) is 30.2 Å². The van der Waals surface area contributed by atoms with Crippen LogP contribution in [0.5, 0.6) is 0 Å². The van der Waals surface area contributed by atoms with Crippen molar-refractivity contribution in [2.75, 3.05) is 0 Å². The lowest BCUT2D eigenvalue weighted by molar-refractivity contribution is -0.137. The summed E-state index contributed by atoms with van der Waals surface area (Å²) >= 11 is 0. The van der Waals surface area contributed by atoms with Crippen molar-refractivity contribution in [1.82, 2.24) is 9.78 Å². The van der Waals surface area contributed by atoms with Gasteiger partial charge in [-0.25, -0.2) is 4.68 Å². The fourth-order valence-corrected chi connectivity index (χ4v) is 1.93. The SMILES string of the molecule is CC(C)c1ccn(-c2ccc(C(F)(F)F)c(C(=N)N)c2)n1. The van der Waals surface area contributed by atoms with Gasteiger partial charge in [-0.3, -0.25) is 5.41 Å². The highest BCUT2D eigenvalue weighted by Gasteiger charge is 2.34. The third-order valence-electron chi connectivity index (χ3n) is 3.06. The molecule has 0 aliphatic rings. The molecule has 2 rings (SSSR count). The zero-order chi connectivity index (χ0) is 15.8. The van der Waals surface area contributed by atoms with Crippen molar-refractivity contribution >= 4 is 5.84 Å². The van der Waals surface area contributed by atoms with Crippen molar-refractivity contribution in [3.8, 4) is 5.69 Å². The van der Waals surface area contributed by atoms with Gasteiger partial charge in [0, 0.05) is 11.8 Å². The summed E-state index contributed by atoms with van der Waals surface area (Å²) in [7, 11) is 0. The van der Waals surface area contributed by atoms with Gasteiger partial charge in [0.05, 0.1) is 16.9 Å². The quantitative estimate of drug-likeness (QED) is 0.674. The van der Waals surface area contributed by atoms with Crippen molar-refractivity contribution < 1.29 is 13.2 Å². The molecule has 0 radical (unpaired) electrons. The number of aromatic nitrogens is 2. The molecule has 4 nitrogen and oxygen atoms in total. The predicted molar refractivity (Wildman–Crippen MR) is 73.7 cm³/mol. The highest BCUT2D eigenvalue weighted by atomic mass is 19.4. The summed E-state index contributed by atoms with van der Waals surface area (Å²) in [6, 6.07) is 5.26. The van der Waals surface area contributed by atoms with Crippen molar-refractivity contribution in [2.45, 2.75) is 25.9 Å². The van der Waals surface area contributed by atoms with E-state index in [9.17, 15) is 13.2 Å². The average Bonchev–Trinajstić information content (AvgIpc) is 2.86. The molecule has 0 saturated carbocycles. The molecule has 3 N–H and O–H groups in total. The maximum absolute atomic E-state index is 12.9. The van der Waals surface area contributed by atoms with Crippen LogP contribution in [0.4, 0.5) is 13.2 Å². The fourth-order valence-electron chi connectivity index (χ4n) is 1.93. The van der Waals surface area contributed by atoms with Gasteiger partial charge in [-0.15, -0.1) is 0 Å². The molecule has 21 heavy (non-hydrogen) atoms. The number of nitrogens with zero attached hydrogens (tertiary/aromatic N) is 2. The minimum atomic E-state index is -4.55. The van der Waals surface area contributed by atoms with Crippen LogP contribution in [-0.4, -0.2) is 15.6 Å². The summed E-state index contributed by atoms with van der Waals surface area (Å²) in [5, 5.41) is 11.6. The van der Waals surface area contributed by atoms with Gasteiger partial charge in [0.2, 0.25) is 0 Å². The second kappa shape index (κ2) is 5.23. The number of nitrogens with one attached hydrogen (secondary N) is 1. The third kappa shape index (κ3) is 3.07. The summed E-state index contributed by atoms with van der Waals surface area (Å²) < 4.78 is 40.1. The van der Waals surface area contributed by atoms with Crippen LogP contribution in [0.3, 0.4) is 0 Å². The van der Waals surface area contributed by atoms with E-state index in [1.807, 2.05) is 13.8 Å². The molecule has 0 fully saturated rings. The highest BCUT2D eigenvalue weighted by Crippen LogP contribution is 2.32. The van der Waals surface area contributed by atoms with Gasteiger partial charge in [0.15, 0.2) is 0 Å². The number of rotatable bonds is 3. The van der Waals surface area contributed by atoms with Crippen molar-refractivity contribution in [1.29, 1.82) is 5.41 Å². The molecule has 0 saturated heterocycles. The molecule has 2 aromatic rings. The fraction of sp³-hybridized carbons (Fsp3) is 0.286. The second-order valence-electron chi connectivity index (χ2n) is 4.98. The molecular weight excluding hydrogens is 281 g/mol. The van der Waals surface area contributed by atoms with Crippen LogP contribution in [0.2, 0.25) is 0 Å². The molecule has 0 atom stereocenters. The molecule has 0 unspecified atom stereocenters. The smallest absolute Gasteiger partial charge is 0.384 e. The molecule has 7 heteroatoms. The Kier molecular flexibility index (Phi) is 3.76. The number of nitrogen functional groups attached to an aromatic ring is 1. The summed E-state index contributed by atoms with van der Waals surface area (Å²) in [6.07, 6.45) is -2.88. The van der Waals surface area contributed by atoms with Crippen LogP contribution in [-0.2, 0) is 6.18 Å². The highest BCUT2D eigenvalue weighted by molar-refractivity contribution is 5.97. The number of hydrogen-bond donors (Lipinski definition) is 2. The average molecular weight is 296 g/mol. The van der Waals surface area contributed by atoms with Gasteiger partial charge in [-0.2, -0.15) is 18.3 Å². The first-order valence-electron chi connectivity index (χ1n) is 6.31. The molecule has 1 aromatic heterocycles. The van der Waals surface area contributed by atoms with Crippen molar-refractivity contribution in [3.63, 3.8) is 0 Å². The Morgan fingerprint density at radius 3 is 2.43 bits per heavy atom. The minimum Gasteiger partial charge on any atom is -0.384 e. The topological polar surface area (TPSA) is 67.7 Å². The molecule has 0 amide bonds. The van der Waals surface area contributed by atoms with E-state index in [2.05, 4.69) is 5.10 Å². The Labute approximate surface area is 119 Å². The van der Waals surface area contributed by atoms with Gasteiger partial charge in [-0.1, -0.05) is 13.8 Å². The Bertz CT molecular complexity index is 671. The molecular formula is C14H15F3N4. The van der Waals surface area contributed by atoms with Gasteiger partial charge in [0.1, 0.15) is 5.84 Å². The Morgan fingerprint density at radius 1 is 1.29 bits per heavy atom. The Morgan fingerprint density at radius 2 is 1.95 bits per heavy atom. The van der Waals surface area contributed by atoms with Crippen molar-refractivity contribution in [2.24, 2.45) is 5.73 Å². The Hall–Kier alpha value is -2.31. The first kappa shape index (κ1) is 15.1. The molecule has 0 aliphatic heterocycles. The normalized spacial score (nSPS) is 11.9. The minimum absolute atomic E-state index is 0.216. The maximum atomic E-state index is 12.9. The molecule has 0 aliphatic carbocycles. The van der Waals surface area contributed by atoms with E-state index < -0.39 is 17.6 Å². The molecule has 0 bridgehead atoms. The van der Waals surface area contributed by atoms with E-state index in [1.54, 1.807) is 12.3 Å². The van der Waals surface area contributed by atoms with Crippen LogP contribution < -0.4 is 5.73 Å². The van der Waals surface area contributed by atoms with E-state index >= 15 is 0 Å². The lowest BCUT2D eigenvalue weighted by atomic mass is 10.1. The van der Waals surface area contributed by atoms with Crippen LogP contribution in [0, 0.1) is 5.41 Å². The van der Waals surface area contributed by atoms with Gasteiger partial charge in [0.25, 0.3) is 0 Å². The second-order valence-corrected chi connectivity index (χ2v) is 4.98. The third-order valence-corrected chi connectivity index (χ3v) is 3.06. The van der Waals surface area contributed by atoms with E-state index in [-0.39, 0.29) is 11.5 Å². The van der Waals surface area contributed by atoms with Gasteiger partial charge < -0.3 is 5.73 Å². The summed E-state index contributed by atoms with van der Waals surface area (Å²) in [5.74, 6) is -0.409. The number of alkyl halides is 3. The summed E-state index contributed by atoms with van der Waals surface area (Å²) in [6.45, 7) is 3.95. The van der Waals surface area contributed by atoms with Crippen molar-refractivity contribution in [3.05, 3.63) is 47.3 Å². The van der Waals surface area contributed by atoms with Crippen LogP contribution in [0.15, 0.2) is 30.5 Å². The summed E-state index contributed by atoms with van der Waals surface area (Å²) in [5.41, 5.74) is 5.26. The largest absolute Gasteiger partial charge is 0.417 e. The number of benzene rings is 1. The predicted octanol–water partition coefficient (Wildman–Crippen LogP) is 3.30. The first-order chi connectivity index (χ1) is 9.70. The zero-order valence-electron chi connectivity index (χ0n) is 11.6. The number of hydrogen-bond acceptors (Lipinski definition) is 2.